The summed E-state index contributed by atoms with van der Waals surface area (Å²) < 4.78 is 13.5. The molecule has 0 aliphatic carbocycles. The number of alkyl halides is 1. The minimum Gasteiger partial charge on any atom is -0.296 e. The molecule has 90 valence electrons. The summed E-state index contributed by atoms with van der Waals surface area (Å²) in [4.78, 5) is 26.5. The first kappa shape index (κ1) is 12.2. The molecule has 1 aromatic heterocycles. The summed E-state index contributed by atoms with van der Waals surface area (Å²) in [6.45, 7) is 0. The van der Waals surface area contributed by atoms with Gasteiger partial charge in [0, 0.05) is 23.5 Å². The lowest BCUT2D eigenvalue weighted by Crippen LogP contribution is -2.39. The van der Waals surface area contributed by atoms with Crippen molar-refractivity contribution in [3.8, 4) is 0 Å². The Hall–Kier alpha value is -1.30. The van der Waals surface area contributed by atoms with Gasteiger partial charge in [0.05, 0.1) is 12.1 Å². The van der Waals surface area contributed by atoms with Gasteiger partial charge >= 0.3 is 0 Å². The Kier molecular flexibility index (Phi) is 3.51. The van der Waals surface area contributed by atoms with Gasteiger partial charge < -0.3 is 0 Å². The molecule has 6 heteroatoms. The molecule has 0 spiro atoms. The van der Waals surface area contributed by atoms with Gasteiger partial charge in [0.1, 0.15) is 5.82 Å². The molecular formula is C11H10BrFN2O2. The second-order valence-electron chi connectivity index (χ2n) is 3.83. The second-order valence-corrected chi connectivity index (χ2v) is 4.39. The normalized spacial score (nSPS) is 20.2. The van der Waals surface area contributed by atoms with Gasteiger partial charge in [-0.2, -0.15) is 0 Å². The number of carbonyl (C=O) groups excluding carboxylic acids is 2. The largest absolute Gasteiger partial charge is 0.296 e. The second kappa shape index (κ2) is 4.91. The highest BCUT2D eigenvalue weighted by Crippen LogP contribution is 2.29. The number of pyridine rings is 1. The zero-order valence-electron chi connectivity index (χ0n) is 8.87. The summed E-state index contributed by atoms with van der Waals surface area (Å²) in [6.07, 6.45) is 3.27. The fourth-order valence-electron chi connectivity index (χ4n) is 1.91. The molecule has 2 rings (SSSR count). The number of amides is 2. The molecule has 0 radical (unpaired) electrons. The molecule has 1 saturated heterocycles. The molecule has 0 saturated carbocycles. The van der Waals surface area contributed by atoms with Crippen molar-refractivity contribution in [1.29, 1.82) is 0 Å². The summed E-state index contributed by atoms with van der Waals surface area (Å²) in [5.74, 6) is -1.60. The molecule has 0 bridgehead atoms. The molecule has 1 N–H and O–H groups in total. The number of nitrogens with one attached hydrogen (secondary N) is 1. The zero-order valence-corrected chi connectivity index (χ0v) is 10.5. The first-order valence-corrected chi connectivity index (χ1v) is 6.27. The number of halogens is 2. The van der Waals surface area contributed by atoms with Crippen molar-refractivity contribution in [2.45, 2.75) is 24.1 Å². The van der Waals surface area contributed by atoms with Gasteiger partial charge in [0.25, 0.3) is 0 Å². The minimum atomic E-state index is -0.497. The van der Waals surface area contributed by atoms with Crippen LogP contribution in [0.3, 0.4) is 0 Å². The van der Waals surface area contributed by atoms with Gasteiger partial charge in [-0.1, -0.05) is 15.9 Å². The fourth-order valence-corrected chi connectivity index (χ4v) is 2.50. The molecule has 2 heterocycles. The van der Waals surface area contributed by atoms with Crippen molar-refractivity contribution in [2.24, 2.45) is 0 Å². The van der Waals surface area contributed by atoms with E-state index in [2.05, 4.69) is 26.2 Å². The number of hydrogen-bond donors (Lipinski definition) is 1. The smallest absolute Gasteiger partial charge is 0.234 e. The SMILES string of the molecule is O=C1CCC(c2cncc(F)c2CBr)C(=O)N1. The summed E-state index contributed by atoms with van der Waals surface area (Å²) >= 11 is 3.19. The molecule has 1 fully saturated rings. The first-order chi connectivity index (χ1) is 8.13. The van der Waals surface area contributed by atoms with Crippen LogP contribution in [0.15, 0.2) is 12.4 Å². The van der Waals surface area contributed by atoms with Crippen LogP contribution < -0.4 is 5.32 Å². The van der Waals surface area contributed by atoms with Crippen LogP contribution >= 0.6 is 15.9 Å². The molecule has 1 unspecified atom stereocenters. The average Bonchev–Trinajstić information content (AvgIpc) is 2.29. The third-order valence-corrected chi connectivity index (χ3v) is 3.35. The molecule has 17 heavy (non-hydrogen) atoms. The standard InChI is InChI=1S/C11H10BrFN2O2/c12-3-7-8(4-14-5-9(7)13)6-1-2-10(16)15-11(6)17/h4-6H,1-3H2,(H,15,16,17). The monoisotopic (exact) mass is 300 g/mol. The third-order valence-electron chi connectivity index (χ3n) is 2.79. The van der Waals surface area contributed by atoms with Crippen LogP contribution in [-0.4, -0.2) is 16.8 Å². The molecule has 1 aliphatic heterocycles. The van der Waals surface area contributed by atoms with Gasteiger partial charge in [-0.3, -0.25) is 19.9 Å². The van der Waals surface area contributed by atoms with Crippen molar-refractivity contribution in [3.05, 3.63) is 29.3 Å². The molecule has 0 aromatic carbocycles. The molecule has 1 aliphatic rings. The van der Waals surface area contributed by atoms with E-state index >= 15 is 0 Å². The number of carbonyl (C=O) groups is 2. The molecule has 1 atom stereocenters. The van der Waals surface area contributed by atoms with Gasteiger partial charge in [-0.15, -0.1) is 0 Å². The molecule has 4 nitrogen and oxygen atoms in total. The Morgan fingerprint density at radius 3 is 2.88 bits per heavy atom. The highest BCUT2D eigenvalue weighted by atomic mass is 79.9. The summed E-state index contributed by atoms with van der Waals surface area (Å²) in [7, 11) is 0. The van der Waals surface area contributed by atoms with Crippen molar-refractivity contribution >= 4 is 27.7 Å². The predicted octanol–water partition coefficient (Wildman–Crippen LogP) is 1.64. The Morgan fingerprint density at radius 1 is 1.47 bits per heavy atom. The van der Waals surface area contributed by atoms with Crippen LogP contribution in [0.1, 0.15) is 29.9 Å². The van der Waals surface area contributed by atoms with Gasteiger partial charge in [-0.25, -0.2) is 4.39 Å². The first-order valence-electron chi connectivity index (χ1n) is 5.15. The van der Waals surface area contributed by atoms with E-state index in [1.54, 1.807) is 0 Å². The molecular weight excluding hydrogens is 291 g/mol. The predicted molar refractivity (Wildman–Crippen MR) is 62.0 cm³/mol. The van der Waals surface area contributed by atoms with E-state index in [-0.39, 0.29) is 18.2 Å². The van der Waals surface area contributed by atoms with Crippen LogP contribution in [0, 0.1) is 5.82 Å². The summed E-state index contributed by atoms with van der Waals surface area (Å²) in [5, 5.41) is 2.57. The summed E-state index contributed by atoms with van der Waals surface area (Å²) in [6, 6.07) is 0. The van der Waals surface area contributed by atoms with Crippen molar-refractivity contribution < 1.29 is 14.0 Å². The van der Waals surface area contributed by atoms with Crippen LogP contribution in [0.25, 0.3) is 0 Å². The zero-order chi connectivity index (χ0) is 12.4. The fraction of sp³-hybridized carbons (Fsp3) is 0.364. The number of hydrogen-bond acceptors (Lipinski definition) is 3. The Labute approximate surface area is 106 Å². The van der Waals surface area contributed by atoms with E-state index in [1.165, 1.54) is 6.20 Å². The maximum Gasteiger partial charge on any atom is 0.234 e. The number of aromatic nitrogens is 1. The van der Waals surface area contributed by atoms with Crippen LogP contribution in [0.2, 0.25) is 0 Å². The number of rotatable bonds is 2. The lowest BCUT2D eigenvalue weighted by Gasteiger charge is -2.22. The van der Waals surface area contributed by atoms with E-state index in [0.717, 1.165) is 6.20 Å². The number of imide groups is 1. The van der Waals surface area contributed by atoms with Crippen molar-refractivity contribution in [2.75, 3.05) is 0 Å². The van der Waals surface area contributed by atoms with E-state index < -0.39 is 11.7 Å². The van der Waals surface area contributed by atoms with Crippen LogP contribution in [-0.2, 0) is 14.9 Å². The maximum atomic E-state index is 13.5. The Morgan fingerprint density at radius 2 is 2.24 bits per heavy atom. The van der Waals surface area contributed by atoms with Gasteiger partial charge in [-0.05, 0) is 12.0 Å². The highest BCUT2D eigenvalue weighted by Gasteiger charge is 2.30. The topological polar surface area (TPSA) is 59.1 Å². The number of nitrogens with zero attached hydrogens (tertiary/aromatic N) is 1. The molecule has 2 amide bonds. The quantitative estimate of drug-likeness (QED) is 0.667. The van der Waals surface area contributed by atoms with Crippen LogP contribution in [0.5, 0.6) is 0 Å². The Bertz CT molecular complexity index is 479. The molecule has 1 aromatic rings. The van der Waals surface area contributed by atoms with Crippen LogP contribution in [0.4, 0.5) is 4.39 Å². The van der Waals surface area contributed by atoms with E-state index in [1.807, 2.05) is 0 Å². The number of piperidine rings is 1. The highest BCUT2D eigenvalue weighted by molar-refractivity contribution is 9.08. The lowest BCUT2D eigenvalue weighted by molar-refractivity contribution is -0.134. The lowest BCUT2D eigenvalue weighted by atomic mass is 9.89. The Balaban J connectivity index is 2.37. The van der Waals surface area contributed by atoms with E-state index in [4.69, 9.17) is 0 Å². The van der Waals surface area contributed by atoms with Crippen molar-refractivity contribution in [3.63, 3.8) is 0 Å². The third kappa shape index (κ3) is 2.36. The average molecular weight is 301 g/mol. The van der Waals surface area contributed by atoms with E-state index in [0.29, 0.717) is 22.9 Å². The minimum absolute atomic E-state index is 0.272. The van der Waals surface area contributed by atoms with Gasteiger partial charge in [0.2, 0.25) is 11.8 Å². The van der Waals surface area contributed by atoms with Gasteiger partial charge in [0.15, 0.2) is 0 Å². The summed E-state index contributed by atoms with van der Waals surface area (Å²) in [5.41, 5.74) is 0.973. The maximum absolute atomic E-state index is 13.5. The van der Waals surface area contributed by atoms with Crippen molar-refractivity contribution in [1.82, 2.24) is 10.3 Å². The van der Waals surface area contributed by atoms with E-state index in [9.17, 15) is 14.0 Å².